The number of rotatable bonds is 3. The molecule has 0 bridgehead atoms. The second kappa shape index (κ2) is 8.53. The molecule has 18 heavy (non-hydrogen) atoms. The molecule has 0 unspecified atom stereocenters. The first kappa shape index (κ1) is 17.4. The second-order valence-corrected chi connectivity index (χ2v) is 4.10. The first-order chi connectivity index (χ1) is 7.81. The van der Waals surface area contributed by atoms with E-state index in [0.29, 0.717) is 11.9 Å². The van der Waals surface area contributed by atoms with E-state index in [1.807, 2.05) is 12.3 Å². The first-order valence-corrected chi connectivity index (χ1v) is 5.76. The van der Waals surface area contributed by atoms with E-state index in [4.69, 9.17) is 4.74 Å². The Morgan fingerprint density at radius 3 is 2.44 bits per heavy atom. The molecule has 1 fully saturated rings. The number of nitrogens with zero attached hydrogens (tertiary/aromatic N) is 2. The highest BCUT2D eigenvalue weighted by Crippen LogP contribution is 2.20. The molecule has 1 atom stereocenters. The van der Waals surface area contributed by atoms with Gasteiger partial charge in [0.2, 0.25) is 5.88 Å². The van der Waals surface area contributed by atoms with Gasteiger partial charge < -0.3 is 10.1 Å². The highest BCUT2D eigenvalue weighted by atomic mass is 35.5. The van der Waals surface area contributed by atoms with E-state index in [0.717, 1.165) is 26.2 Å². The third kappa shape index (κ3) is 4.28. The van der Waals surface area contributed by atoms with Crippen LogP contribution in [0, 0.1) is 0 Å². The van der Waals surface area contributed by atoms with Gasteiger partial charge in [-0.1, -0.05) is 6.07 Å². The van der Waals surface area contributed by atoms with Gasteiger partial charge in [0.05, 0.1) is 7.11 Å². The lowest BCUT2D eigenvalue weighted by atomic mass is 10.1. The average molecular weight is 294 g/mol. The van der Waals surface area contributed by atoms with Crippen molar-refractivity contribution in [2.24, 2.45) is 0 Å². The highest BCUT2D eigenvalue weighted by Gasteiger charge is 2.17. The average Bonchev–Trinajstić information content (AvgIpc) is 2.39. The zero-order chi connectivity index (χ0) is 11.4. The van der Waals surface area contributed by atoms with Crippen molar-refractivity contribution in [2.45, 2.75) is 13.0 Å². The van der Waals surface area contributed by atoms with Crippen molar-refractivity contribution in [2.75, 3.05) is 33.3 Å². The molecule has 1 aliphatic heterocycles. The van der Waals surface area contributed by atoms with Crippen molar-refractivity contribution >= 4 is 24.8 Å². The molecule has 0 saturated carbocycles. The van der Waals surface area contributed by atoms with Gasteiger partial charge in [-0.3, -0.25) is 4.90 Å². The minimum absolute atomic E-state index is 0. The van der Waals surface area contributed by atoms with Crippen molar-refractivity contribution in [3.05, 3.63) is 23.9 Å². The van der Waals surface area contributed by atoms with E-state index < -0.39 is 0 Å². The van der Waals surface area contributed by atoms with Gasteiger partial charge in [-0.15, -0.1) is 24.8 Å². The maximum atomic E-state index is 5.06. The van der Waals surface area contributed by atoms with Crippen molar-refractivity contribution in [3.8, 4) is 5.88 Å². The molecule has 1 N–H and O–H groups in total. The molecule has 0 aromatic carbocycles. The second-order valence-electron chi connectivity index (χ2n) is 4.10. The van der Waals surface area contributed by atoms with Crippen LogP contribution in [0.25, 0.3) is 0 Å². The normalized spacial score (nSPS) is 17.2. The summed E-state index contributed by atoms with van der Waals surface area (Å²) in [6.07, 6.45) is 1.91. The number of nitrogens with one attached hydrogen (secondary N) is 1. The lowest BCUT2D eigenvalue weighted by molar-refractivity contribution is 0.185. The predicted octanol–water partition coefficient (Wildman–Crippen LogP) is 1.90. The van der Waals surface area contributed by atoms with Gasteiger partial charge in [-0.2, -0.15) is 0 Å². The van der Waals surface area contributed by atoms with Crippen LogP contribution in [0.5, 0.6) is 5.88 Å². The minimum atomic E-state index is 0. The number of aromatic nitrogens is 1. The Labute approximate surface area is 121 Å². The van der Waals surface area contributed by atoms with Gasteiger partial charge in [0.25, 0.3) is 0 Å². The summed E-state index contributed by atoms with van der Waals surface area (Å²) in [6.45, 7) is 6.59. The fraction of sp³-hybridized carbons (Fsp3) is 0.583. The largest absolute Gasteiger partial charge is 0.481 e. The van der Waals surface area contributed by atoms with Crippen LogP contribution in [0.2, 0.25) is 0 Å². The van der Waals surface area contributed by atoms with Gasteiger partial charge in [0, 0.05) is 44.5 Å². The van der Waals surface area contributed by atoms with E-state index in [9.17, 15) is 0 Å². The smallest absolute Gasteiger partial charge is 0.212 e. The summed E-state index contributed by atoms with van der Waals surface area (Å²) in [5.41, 5.74) is 1.25. The Kier molecular flexibility index (Phi) is 8.27. The van der Waals surface area contributed by atoms with Crippen molar-refractivity contribution in [1.29, 1.82) is 0 Å². The van der Waals surface area contributed by atoms with E-state index in [2.05, 4.69) is 28.2 Å². The quantitative estimate of drug-likeness (QED) is 0.924. The summed E-state index contributed by atoms with van der Waals surface area (Å²) in [5, 5.41) is 3.36. The van der Waals surface area contributed by atoms with Crippen LogP contribution in [0.15, 0.2) is 18.3 Å². The van der Waals surface area contributed by atoms with Gasteiger partial charge in [0.1, 0.15) is 0 Å². The molecule has 1 aromatic rings. The molecule has 4 nitrogen and oxygen atoms in total. The first-order valence-electron chi connectivity index (χ1n) is 5.76. The zero-order valence-electron chi connectivity index (χ0n) is 10.8. The number of piperazine rings is 1. The molecule has 0 aliphatic carbocycles. The van der Waals surface area contributed by atoms with Gasteiger partial charge >= 0.3 is 0 Å². The molecular formula is C12H21Cl2N3O. The Balaban J connectivity index is 0.00000144. The van der Waals surface area contributed by atoms with Crippen LogP contribution < -0.4 is 10.1 Å². The van der Waals surface area contributed by atoms with Crippen molar-refractivity contribution < 1.29 is 4.74 Å². The fourth-order valence-electron chi connectivity index (χ4n) is 2.04. The summed E-state index contributed by atoms with van der Waals surface area (Å²) >= 11 is 0. The van der Waals surface area contributed by atoms with Crippen LogP contribution in [0.4, 0.5) is 0 Å². The van der Waals surface area contributed by atoms with E-state index in [-0.39, 0.29) is 24.8 Å². The number of halogens is 2. The number of ether oxygens (including phenoxy) is 1. The minimum Gasteiger partial charge on any atom is -0.481 e. The summed E-state index contributed by atoms with van der Waals surface area (Å²) in [5.74, 6) is 0.677. The maximum Gasteiger partial charge on any atom is 0.212 e. The Bertz CT molecular complexity index is 329. The lowest BCUT2D eigenvalue weighted by Gasteiger charge is -2.32. The van der Waals surface area contributed by atoms with Crippen LogP contribution in [0.3, 0.4) is 0 Å². The molecule has 1 saturated heterocycles. The molecule has 2 heterocycles. The standard InChI is InChI=1S/C12H19N3O.2ClH/c1-10(15-7-5-13-6-8-15)11-3-4-12(16-2)14-9-11;;/h3-4,9-10,13H,5-8H2,1-2H3;2*1H/t10-;;/m0../s1. The topological polar surface area (TPSA) is 37.4 Å². The van der Waals surface area contributed by atoms with Gasteiger partial charge in [0.15, 0.2) is 0 Å². The van der Waals surface area contributed by atoms with E-state index in [1.165, 1.54) is 5.56 Å². The summed E-state index contributed by atoms with van der Waals surface area (Å²) < 4.78 is 5.06. The predicted molar refractivity (Wildman–Crippen MR) is 78.1 cm³/mol. The fourth-order valence-corrected chi connectivity index (χ4v) is 2.04. The molecule has 0 amide bonds. The van der Waals surface area contributed by atoms with Gasteiger partial charge in [-0.05, 0) is 12.5 Å². The van der Waals surface area contributed by atoms with Crippen LogP contribution >= 0.6 is 24.8 Å². The Morgan fingerprint density at radius 1 is 1.28 bits per heavy atom. The third-order valence-corrected chi connectivity index (χ3v) is 3.15. The van der Waals surface area contributed by atoms with E-state index >= 15 is 0 Å². The summed E-state index contributed by atoms with van der Waals surface area (Å²) in [6, 6.07) is 4.45. The molecule has 104 valence electrons. The van der Waals surface area contributed by atoms with Crippen LogP contribution in [0.1, 0.15) is 18.5 Å². The molecule has 2 rings (SSSR count). The number of pyridine rings is 1. The number of hydrogen-bond acceptors (Lipinski definition) is 4. The van der Waals surface area contributed by atoms with E-state index in [1.54, 1.807) is 7.11 Å². The van der Waals surface area contributed by atoms with Crippen LogP contribution in [-0.4, -0.2) is 43.2 Å². The summed E-state index contributed by atoms with van der Waals surface area (Å²) in [4.78, 5) is 6.72. The third-order valence-electron chi connectivity index (χ3n) is 3.15. The molecule has 0 radical (unpaired) electrons. The van der Waals surface area contributed by atoms with Crippen molar-refractivity contribution in [1.82, 2.24) is 15.2 Å². The van der Waals surface area contributed by atoms with Gasteiger partial charge in [-0.25, -0.2) is 4.98 Å². The molecule has 1 aromatic heterocycles. The molecule has 6 heteroatoms. The summed E-state index contributed by atoms with van der Waals surface area (Å²) in [7, 11) is 1.64. The zero-order valence-corrected chi connectivity index (χ0v) is 12.4. The van der Waals surface area contributed by atoms with Crippen LogP contribution in [-0.2, 0) is 0 Å². The Hall–Kier alpha value is -0.550. The molecular weight excluding hydrogens is 273 g/mol. The molecule has 1 aliphatic rings. The number of hydrogen-bond donors (Lipinski definition) is 1. The SMILES string of the molecule is COc1ccc([C@H](C)N2CCNCC2)cn1.Cl.Cl. The molecule has 0 spiro atoms. The lowest BCUT2D eigenvalue weighted by Crippen LogP contribution is -2.44. The number of methoxy groups -OCH3 is 1. The highest BCUT2D eigenvalue weighted by molar-refractivity contribution is 5.85. The van der Waals surface area contributed by atoms with Crippen molar-refractivity contribution in [3.63, 3.8) is 0 Å². The monoisotopic (exact) mass is 293 g/mol. The maximum absolute atomic E-state index is 5.06. The Morgan fingerprint density at radius 2 is 1.94 bits per heavy atom.